The summed E-state index contributed by atoms with van der Waals surface area (Å²) >= 11 is 3.05. The fourth-order valence-corrected chi connectivity index (χ4v) is 1.38. The van der Waals surface area contributed by atoms with E-state index in [2.05, 4.69) is 22.5 Å². The average Bonchev–Trinajstić information content (AvgIpc) is 2.08. The Morgan fingerprint density at radius 1 is 1.62 bits per heavy atom. The number of hydrogen-bond acceptors (Lipinski definition) is 1. The highest BCUT2D eigenvalue weighted by atomic mass is 79.9. The summed E-state index contributed by atoms with van der Waals surface area (Å²) in [4.78, 5) is 0. The van der Waals surface area contributed by atoms with E-state index >= 15 is 0 Å². The third-order valence-corrected chi connectivity index (χ3v) is 2.36. The largest absolute Gasteiger partial charge is 0.384 e. The SMILES string of the molecule is C=C(C)C(O)c1cccc(Br)c1F. The van der Waals surface area contributed by atoms with Crippen molar-refractivity contribution in [1.29, 1.82) is 0 Å². The first-order valence-corrected chi connectivity index (χ1v) is 4.60. The molecule has 1 aromatic rings. The van der Waals surface area contributed by atoms with E-state index < -0.39 is 11.9 Å². The molecule has 1 unspecified atom stereocenters. The van der Waals surface area contributed by atoms with Crippen LogP contribution in [0, 0.1) is 5.82 Å². The Bertz CT molecular complexity index is 336. The molecule has 1 aromatic carbocycles. The maximum atomic E-state index is 13.4. The Balaban J connectivity index is 3.15. The lowest BCUT2D eigenvalue weighted by atomic mass is 10.0. The predicted molar refractivity (Wildman–Crippen MR) is 53.9 cm³/mol. The highest BCUT2D eigenvalue weighted by molar-refractivity contribution is 9.10. The summed E-state index contributed by atoms with van der Waals surface area (Å²) in [7, 11) is 0. The quantitative estimate of drug-likeness (QED) is 0.793. The van der Waals surface area contributed by atoms with Gasteiger partial charge in [0.25, 0.3) is 0 Å². The van der Waals surface area contributed by atoms with Gasteiger partial charge in [-0.25, -0.2) is 4.39 Å². The summed E-state index contributed by atoms with van der Waals surface area (Å²) in [5.74, 6) is -0.432. The third kappa shape index (κ3) is 2.17. The van der Waals surface area contributed by atoms with Crippen molar-refractivity contribution >= 4 is 15.9 Å². The molecule has 0 bridgehead atoms. The molecule has 0 radical (unpaired) electrons. The summed E-state index contributed by atoms with van der Waals surface area (Å²) in [5.41, 5.74) is 0.777. The van der Waals surface area contributed by atoms with E-state index in [0.717, 1.165) is 0 Å². The first-order valence-electron chi connectivity index (χ1n) is 3.81. The molecule has 0 heterocycles. The van der Waals surface area contributed by atoms with Crippen LogP contribution in [0.15, 0.2) is 34.8 Å². The van der Waals surface area contributed by atoms with E-state index in [1.165, 1.54) is 0 Å². The topological polar surface area (TPSA) is 20.2 Å². The number of hydrogen-bond donors (Lipinski definition) is 1. The van der Waals surface area contributed by atoms with E-state index in [9.17, 15) is 9.50 Å². The Hall–Kier alpha value is -0.670. The molecule has 0 saturated carbocycles. The minimum atomic E-state index is -0.933. The summed E-state index contributed by atoms with van der Waals surface area (Å²) in [6.07, 6.45) is -0.933. The van der Waals surface area contributed by atoms with Crippen molar-refractivity contribution in [2.75, 3.05) is 0 Å². The standard InChI is InChI=1S/C10H10BrFO/c1-6(2)10(13)7-4-3-5-8(11)9(7)12/h3-5,10,13H,1H2,2H3. The second kappa shape index (κ2) is 4.03. The first-order chi connectivity index (χ1) is 6.04. The molecular formula is C10H10BrFO. The maximum Gasteiger partial charge on any atom is 0.143 e. The molecule has 70 valence electrons. The van der Waals surface area contributed by atoms with Crippen molar-refractivity contribution in [3.05, 3.63) is 46.2 Å². The molecule has 1 nitrogen and oxygen atoms in total. The lowest BCUT2D eigenvalue weighted by molar-refractivity contribution is 0.211. The van der Waals surface area contributed by atoms with Crippen LogP contribution in [-0.2, 0) is 0 Å². The van der Waals surface area contributed by atoms with Crippen molar-refractivity contribution in [2.45, 2.75) is 13.0 Å². The average molecular weight is 245 g/mol. The van der Waals surface area contributed by atoms with Gasteiger partial charge >= 0.3 is 0 Å². The Morgan fingerprint density at radius 2 is 2.23 bits per heavy atom. The van der Waals surface area contributed by atoms with Gasteiger partial charge in [0.15, 0.2) is 0 Å². The third-order valence-electron chi connectivity index (χ3n) is 1.74. The van der Waals surface area contributed by atoms with Crippen LogP contribution >= 0.6 is 15.9 Å². The molecule has 0 aromatic heterocycles. The van der Waals surface area contributed by atoms with Crippen molar-refractivity contribution in [3.8, 4) is 0 Å². The number of rotatable bonds is 2. The van der Waals surface area contributed by atoms with Gasteiger partial charge in [0, 0.05) is 5.56 Å². The van der Waals surface area contributed by atoms with Crippen molar-refractivity contribution in [3.63, 3.8) is 0 Å². The molecule has 0 aliphatic heterocycles. The molecule has 1 rings (SSSR count). The van der Waals surface area contributed by atoms with E-state index in [4.69, 9.17) is 0 Å². The van der Waals surface area contributed by atoms with Crippen LogP contribution in [0.4, 0.5) is 4.39 Å². The predicted octanol–water partition coefficient (Wildman–Crippen LogP) is 3.20. The fraction of sp³-hybridized carbons (Fsp3) is 0.200. The molecule has 3 heteroatoms. The molecule has 0 saturated heterocycles. The zero-order valence-corrected chi connectivity index (χ0v) is 8.81. The van der Waals surface area contributed by atoms with Gasteiger partial charge in [0.2, 0.25) is 0 Å². The van der Waals surface area contributed by atoms with Crippen LogP contribution in [0.3, 0.4) is 0 Å². The molecule has 13 heavy (non-hydrogen) atoms. The molecule has 0 aliphatic carbocycles. The molecule has 0 fully saturated rings. The number of halogens is 2. The molecule has 0 spiro atoms. The van der Waals surface area contributed by atoms with E-state index in [0.29, 0.717) is 10.0 Å². The van der Waals surface area contributed by atoms with Crippen LogP contribution in [0.5, 0.6) is 0 Å². The number of aliphatic hydroxyl groups excluding tert-OH is 1. The van der Waals surface area contributed by atoms with E-state index in [-0.39, 0.29) is 5.56 Å². The second-order valence-electron chi connectivity index (χ2n) is 2.89. The molecule has 1 atom stereocenters. The molecule has 0 aliphatic rings. The first kappa shape index (κ1) is 10.4. The lowest BCUT2D eigenvalue weighted by Gasteiger charge is -2.11. The Labute approximate surface area is 85.0 Å². The van der Waals surface area contributed by atoms with Crippen LogP contribution in [0.25, 0.3) is 0 Å². The molecule has 1 N–H and O–H groups in total. The zero-order chi connectivity index (χ0) is 10.0. The van der Waals surface area contributed by atoms with Gasteiger partial charge in [-0.1, -0.05) is 18.7 Å². The molecular weight excluding hydrogens is 235 g/mol. The van der Waals surface area contributed by atoms with Crippen molar-refractivity contribution in [2.24, 2.45) is 0 Å². The summed E-state index contributed by atoms with van der Waals surface area (Å²) in [6.45, 7) is 5.23. The van der Waals surface area contributed by atoms with Crippen molar-refractivity contribution in [1.82, 2.24) is 0 Å². The smallest absolute Gasteiger partial charge is 0.143 e. The zero-order valence-electron chi connectivity index (χ0n) is 7.22. The second-order valence-corrected chi connectivity index (χ2v) is 3.75. The van der Waals surface area contributed by atoms with Gasteiger partial charge in [-0.05, 0) is 34.5 Å². The summed E-state index contributed by atoms with van der Waals surface area (Å²) < 4.78 is 13.7. The monoisotopic (exact) mass is 244 g/mol. The van der Waals surface area contributed by atoms with Gasteiger partial charge in [-0.3, -0.25) is 0 Å². The number of aliphatic hydroxyl groups is 1. The number of benzene rings is 1. The van der Waals surface area contributed by atoms with Gasteiger partial charge in [0.05, 0.1) is 4.47 Å². The van der Waals surface area contributed by atoms with Crippen molar-refractivity contribution < 1.29 is 9.50 Å². The van der Waals surface area contributed by atoms with Crippen LogP contribution in [0.1, 0.15) is 18.6 Å². The van der Waals surface area contributed by atoms with Gasteiger partial charge in [0.1, 0.15) is 11.9 Å². The minimum absolute atomic E-state index is 0.252. The molecule has 0 amide bonds. The fourth-order valence-electron chi connectivity index (χ4n) is 0.997. The minimum Gasteiger partial charge on any atom is -0.384 e. The van der Waals surface area contributed by atoms with Crippen LogP contribution < -0.4 is 0 Å². The van der Waals surface area contributed by atoms with Gasteiger partial charge in [-0.15, -0.1) is 0 Å². The van der Waals surface area contributed by atoms with E-state index in [1.54, 1.807) is 25.1 Å². The highest BCUT2D eigenvalue weighted by Crippen LogP contribution is 2.26. The maximum absolute atomic E-state index is 13.4. The Kier molecular flexibility index (Phi) is 3.22. The van der Waals surface area contributed by atoms with Gasteiger partial charge < -0.3 is 5.11 Å². The van der Waals surface area contributed by atoms with E-state index in [1.807, 2.05) is 0 Å². The van der Waals surface area contributed by atoms with Crippen LogP contribution in [0.2, 0.25) is 0 Å². The van der Waals surface area contributed by atoms with Gasteiger partial charge in [-0.2, -0.15) is 0 Å². The van der Waals surface area contributed by atoms with Crippen LogP contribution in [-0.4, -0.2) is 5.11 Å². The normalized spacial score (nSPS) is 12.6. The highest BCUT2D eigenvalue weighted by Gasteiger charge is 2.14. The lowest BCUT2D eigenvalue weighted by Crippen LogP contribution is -2.01. The Morgan fingerprint density at radius 3 is 2.77 bits per heavy atom. The summed E-state index contributed by atoms with van der Waals surface area (Å²) in [5, 5.41) is 9.54. The summed E-state index contributed by atoms with van der Waals surface area (Å²) in [6, 6.07) is 4.80.